The second-order valence-corrected chi connectivity index (χ2v) is 4.51. The Kier molecular flexibility index (Phi) is 3.78. The van der Waals surface area contributed by atoms with E-state index in [1.165, 1.54) is 4.90 Å². The Morgan fingerprint density at radius 1 is 1.16 bits per heavy atom. The Labute approximate surface area is 108 Å². The summed E-state index contributed by atoms with van der Waals surface area (Å²) in [6.45, 7) is 0.286. The Morgan fingerprint density at radius 3 is 2.37 bits per heavy atom. The number of amides is 1. The van der Waals surface area contributed by atoms with Gasteiger partial charge in [-0.15, -0.1) is 0 Å². The molecule has 2 rings (SSSR count). The van der Waals surface area contributed by atoms with Crippen LogP contribution >= 0.6 is 0 Å². The first-order valence-corrected chi connectivity index (χ1v) is 5.99. The maximum Gasteiger partial charge on any atom is 0.326 e. The van der Waals surface area contributed by atoms with Crippen molar-refractivity contribution in [2.24, 2.45) is 0 Å². The first-order valence-electron chi connectivity index (χ1n) is 5.99. The van der Waals surface area contributed by atoms with Gasteiger partial charge in [-0.1, -0.05) is 0 Å². The molecule has 102 valence electrons. The van der Waals surface area contributed by atoms with E-state index in [9.17, 15) is 18.4 Å². The van der Waals surface area contributed by atoms with E-state index in [1.807, 2.05) is 0 Å². The molecule has 6 heteroatoms. The number of carboxylic acid groups (broad SMARTS) is 1. The summed E-state index contributed by atoms with van der Waals surface area (Å²) in [6.07, 6.45) is 1.77. The lowest BCUT2D eigenvalue weighted by molar-refractivity contribution is -0.143. The molecule has 0 spiro atoms. The van der Waals surface area contributed by atoms with Crippen LogP contribution in [0.15, 0.2) is 18.2 Å². The third-order valence-electron chi connectivity index (χ3n) is 3.16. The fraction of sp³-hybridized carbons (Fsp3) is 0.385. The summed E-state index contributed by atoms with van der Waals surface area (Å²) < 4.78 is 26.2. The number of halogens is 2. The number of nitrogens with zero attached hydrogens (tertiary/aromatic N) is 1. The number of benzene rings is 1. The summed E-state index contributed by atoms with van der Waals surface area (Å²) in [5.41, 5.74) is -0.161. The summed E-state index contributed by atoms with van der Waals surface area (Å²) in [4.78, 5) is 24.4. The first-order chi connectivity index (χ1) is 8.99. The highest BCUT2D eigenvalue weighted by Crippen LogP contribution is 2.20. The van der Waals surface area contributed by atoms with Gasteiger partial charge < -0.3 is 10.0 Å². The zero-order valence-electron chi connectivity index (χ0n) is 10.1. The lowest BCUT2D eigenvalue weighted by Crippen LogP contribution is -2.48. The molecule has 0 radical (unpaired) electrons. The maximum atomic E-state index is 13.1. The number of aliphatic carboxylic acids is 1. The van der Waals surface area contributed by atoms with Gasteiger partial charge in [-0.3, -0.25) is 4.79 Å². The molecule has 1 aromatic carbocycles. The molecule has 1 amide bonds. The molecule has 19 heavy (non-hydrogen) atoms. The molecule has 1 saturated heterocycles. The van der Waals surface area contributed by atoms with Crippen LogP contribution in [0.3, 0.4) is 0 Å². The van der Waals surface area contributed by atoms with Gasteiger partial charge in [0.05, 0.1) is 0 Å². The van der Waals surface area contributed by atoms with Crippen molar-refractivity contribution in [3.8, 4) is 0 Å². The Morgan fingerprint density at radius 2 is 1.79 bits per heavy atom. The van der Waals surface area contributed by atoms with E-state index in [-0.39, 0.29) is 12.1 Å². The third-order valence-corrected chi connectivity index (χ3v) is 3.16. The van der Waals surface area contributed by atoms with E-state index in [2.05, 4.69) is 0 Å². The molecule has 1 N–H and O–H groups in total. The van der Waals surface area contributed by atoms with E-state index in [1.54, 1.807) is 0 Å². The number of rotatable bonds is 2. The van der Waals surface area contributed by atoms with E-state index in [0.29, 0.717) is 18.9 Å². The van der Waals surface area contributed by atoms with Crippen LogP contribution in [-0.4, -0.2) is 34.5 Å². The van der Waals surface area contributed by atoms with Crippen LogP contribution in [0.25, 0.3) is 0 Å². The zero-order chi connectivity index (χ0) is 14.0. The average molecular weight is 269 g/mol. The molecule has 4 nitrogen and oxygen atoms in total. The van der Waals surface area contributed by atoms with Crippen molar-refractivity contribution in [3.63, 3.8) is 0 Å². The number of hydrogen-bond donors (Lipinski definition) is 1. The highest BCUT2D eigenvalue weighted by atomic mass is 19.1. The second-order valence-electron chi connectivity index (χ2n) is 4.51. The van der Waals surface area contributed by atoms with Crippen molar-refractivity contribution in [2.75, 3.05) is 6.54 Å². The maximum absolute atomic E-state index is 13.1. The first kappa shape index (κ1) is 13.5. The fourth-order valence-corrected chi connectivity index (χ4v) is 2.27. The molecule has 1 fully saturated rings. The molecular formula is C13H13F2NO3. The second kappa shape index (κ2) is 5.34. The number of piperidine rings is 1. The monoisotopic (exact) mass is 269 g/mol. The normalized spacial score (nSPS) is 19.3. The summed E-state index contributed by atoms with van der Waals surface area (Å²) >= 11 is 0. The van der Waals surface area contributed by atoms with Crippen LogP contribution in [0.4, 0.5) is 8.78 Å². The van der Waals surface area contributed by atoms with Crippen LogP contribution in [0.1, 0.15) is 29.6 Å². The smallest absolute Gasteiger partial charge is 0.326 e. The largest absolute Gasteiger partial charge is 0.480 e. The van der Waals surface area contributed by atoms with Gasteiger partial charge in [-0.25, -0.2) is 13.6 Å². The molecule has 0 aliphatic carbocycles. The highest BCUT2D eigenvalue weighted by molar-refractivity contribution is 5.96. The zero-order valence-corrected chi connectivity index (χ0v) is 10.1. The van der Waals surface area contributed by atoms with Gasteiger partial charge in [0.25, 0.3) is 5.91 Å². The fourth-order valence-electron chi connectivity index (χ4n) is 2.27. The minimum atomic E-state index is -1.09. The van der Waals surface area contributed by atoms with Crippen LogP contribution in [-0.2, 0) is 4.79 Å². The molecule has 0 bridgehead atoms. The predicted octanol–water partition coefficient (Wildman–Crippen LogP) is 2.04. The molecule has 0 saturated carbocycles. The Bertz CT molecular complexity index is 498. The number of carboxylic acids is 1. The third kappa shape index (κ3) is 2.89. The van der Waals surface area contributed by atoms with Gasteiger partial charge in [0.15, 0.2) is 0 Å². The SMILES string of the molecule is O=C(O)C1CCCCN1C(=O)c1cc(F)cc(F)c1. The summed E-state index contributed by atoms with van der Waals surface area (Å²) in [5.74, 6) is -3.45. The predicted molar refractivity (Wildman–Crippen MR) is 62.7 cm³/mol. The highest BCUT2D eigenvalue weighted by Gasteiger charge is 2.32. The van der Waals surface area contributed by atoms with Crippen molar-refractivity contribution in [1.29, 1.82) is 0 Å². The minimum Gasteiger partial charge on any atom is -0.480 e. The molecular weight excluding hydrogens is 256 g/mol. The van der Waals surface area contributed by atoms with Gasteiger partial charge in [-0.2, -0.15) is 0 Å². The summed E-state index contributed by atoms with van der Waals surface area (Å²) in [6, 6.07) is 1.58. The number of hydrogen-bond acceptors (Lipinski definition) is 2. The number of carbonyl (C=O) groups is 2. The van der Waals surface area contributed by atoms with Crippen molar-refractivity contribution in [1.82, 2.24) is 4.90 Å². The Hall–Kier alpha value is -1.98. The van der Waals surface area contributed by atoms with Crippen molar-refractivity contribution >= 4 is 11.9 Å². The molecule has 1 unspecified atom stereocenters. The summed E-state index contributed by atoms with van der Waals surface area (Å²) in [5, 5.41) is 9.07. The number of likely N-dealkylation sites (tertiary alicyclic amines) is 1. The average Bonchev–Trinajstić information content (AvgIpc) is 2.36. The van der Waals surface area contributed by atoms with Crippen LogP contribution in [0.2, 0.25) is 0 Å². The topological polar surface area (TPSA) is 57.6 Å². The number of carbonyl (C=O) groups excluding carboxylic acids is 1. The summed E-state index contributed by atoms with van der Waals surface area (Å²) in [7, 11) is 0. The van der Waals surface area contributed by atoms with Gasteiger partial charge in [0, 0.05) is 18.2 Å². The molecule has 0 aromatic heterocycles. The van der Waals surface area contributed by atoms with Crippen molar-refractivity contribution in [2.45, 2.75) is 25.3 Å². The standard InChI is InChI=1S/C13H13F2NO3/c14-9-5-8(6-10(15)7-9)12(17)16-4-2-1-3-11(16)13(18)19/h5-7,11H,1-4H2,(H,18,19). The van der Waals surface area contributed by atoms with Gasteiger partial charge in [-0.05, 0) is 31.4 Å². The van der Waals surface area contributed by atoms with Crippen molar-refractivity contribution < 1.29 is 23.5 Å². The van der Waals surface area contributed by atoms with Gasteiger partial charge in [0.2, 0.25) is 0 Å². The van der Waals surface area contributed by atoms with Crippen LogP contribution in [0.5, 0.6) is 0 Å². The Balaban J connectivity index is 2.28. The lowest BCUT2D eigenvalue weighted by atomic mass is 10.0. The van der Waals surface area contributed by atoms with Crippen LogP contribution in [0, 0.1) is 11.6 Å². The van der Waals surface area contributed by atoms with Gasteiger partial charge in [0.1, 0.15) is 17.7 Å². The molecule has 1 atom stereocenters. The quantitative estimate of drug-likeness (QED) is 0.893. The molecule has 1 heterocycles. The van der Waals surface area contributed by atoms with E-state index in [4.69, 9.17) is 5.11 Å². The molecule has 1 aromatic rings. The lowest BCUT2D eigenvalue weighted by Gasteiger charge is -2.33. The van der Waals surface area contributed by atoms with E-state index < -0.39 is 29.6 Å². The molecule has 1 aliphatic rings. The van der Waals surface area contributed by atoms with E-state index in [0.717, 1.165) is 18.6 Å². The van der Waals surface area contributed by atoms with Crippen LogP contribution < -0.4 is 0 Å². The van der Waals surface area contributed by atoms with Gasteiger partial charge >= 0.3 is 5.97 Å². The molecule has 1 aliphatic heterocycles. The van der Waals surface area contributed by atoms with Crippen molar-refractivity contribution in [3.05, 3.63) is 35.4 Å². The van der Waals surface area contributed by atoms with E-state index >= 15 is 0 Å². The minimum absolute atomic E-state index is 0.161.